The van der Waals surface area contributed by atoms with Gasteiger partial charge in [0.05, 0.1) is 6.61 Å². The summed E-state index contributed by atoms with van der Waals surface area (Å²) >= 11 is 1.87. The van der Waals surface area contributed by atoms with E-state index in [4.69, 9.17) is 0 Å². The third-order valence-electron chi connectivity index (χ3n) is 2.48. The molecule has 102 valence electrons. The first-order valence-corrected chi connectivity index (χ1v) is 6.71. The second-order valence-corrected chi connectivity index (χ2v) is 5.15. The van der Waals surface area contributed by atoms with Crippen LogP contribution in [0.2, 0.25) is 0 Å². The van der Waals surface area contributed by atoms with Crippen LogP contribution in [0, 0.1) is 0 Å². The fraction of sp³-hybridized carbons (Fsp3) is 1.00. The van der Waals surface area contributed by atoms with Crippen LogP contribution in [0.15, 0.2) is 0 Å². The lowest BCUT2D eigenvalue weighted by Gasteiger charge is -2.20. The molecular weight excluding hydrogens is 258 g/mol. The van der Waals surface area contributed by atoms with Crippen molar-refractivity contribution in [3.05, 3.63) is 0 Å². The van der Waals surface area contributed by atoms with Crippen LogP contribution in [0.25, 0.3) is 0 Å². The average molecular weight is 275 g/mol. The van der Waals surface area contributed by atoms with Crippen LogP contribution in [-0.2, 0) is 4.74 Å². The minimum absolute atomic E-state index is 0.0764. The number of ether oxygens (including phenoxy) is 1. The Balaban J connectivity index is 2.10. The molecule has 2 nitrogen and oxygen atoms in total. The van der Waals surface area contributed by atoms with Crippen molar-refractivity contribution in [1.29, 1.82) is 0 Å². The van der Waals surface area contributed by atoms with E-state index in [1.165, 1.54) is 0 Å². The summed E-state index contributed by atoms with van der Waals surface area (Å²) in [5.41, 5.74) is 0. The number of hydrogen-bond donors (Lipinski definition) is 0. The van der Waals surface area contributed by atoms with Gasteiger partial charge in [0, 0.05) is 18.8 Å². The van der Waals surface area contributed by atoms with Gasteiger partial charge >= 0.3 is 12.3 Å². The van der Waals surface area contributed by atoms with Gasteiger partial charge in [0.2, 0.25) is 0 Å². The van der Waals surface area contributed by atoms with Crippen molar-refractivity contribution < 1.29 is 22.3 Å². The van der Waals surface area contributed by atoms with Crippen molar-refractivity contribution in [3.63, 3.8) is 0 Å². The van der Waals surface area contributed by atoms with E-state index in [0.717, 1.165) is 31.0 Å². The lowest BCUT2D eigenvalue weighted by Crippen LogP contribution is -2.35. The summed E-state index contributed by atoms with van der Waals surface area (Å²) in [6, 6.07) is 0. The van der Waals surface area contributed by atoms with Gasteiger partial charge < -0.3 is 9.64 Å². The number of halogens is 4. The minimum atomic E-state index is -4.03. The molecule has 0 bridgehead atoms. The molecule has 1 aliphatic rings. The quantitative estimate of drug-likeness (QED) is 0.545. The van der Waals surface area contributed by atoms with Gasteiger partial charge in [0.1, 0.15) is 6.61 Å². The molecule has 0 spiro atoms. The Morgan fingerprint density at radius 1 is 1.24 bits per heavy atom. The van der Waals surface area contributed by atoms with E-state index in [9.17, 15) is 17.6 Å². The Morgan fingerprint density at radius 2 is 2.00 bits per heavy atom. The number of hydrogen-bond acceptors (Lipinski definition) is 3. The summed E-state index contributed by atoms with van der Waals surface area (Å²) in [6.45, 7) is 1.22. The second-order valence-electron chi connectivity index (χ2n) is 3.92. The van der Waals surface area contributed by atoms with Crippen LogP contribution in [0.1, 0.15) is 6.42 Å². The first kappa shape index (κ1) is 15.0. The normalized spacial score (nSPS) is 19.6. The van der Waals surface area contributed by atoms with Gasteiger partial charge in [-0.2, -0.15) is 20.5 Å². The van der Waals surface area contributed by atoms with Crippen LogP contribution >= 0.6 is 11.8 Å². The maximum absolute atomic E-state index is 12.5. The molecule has 0 aromatic heterocycles. The molecule has 17 heavy (non-hydrogen) atoms. The summed E-state index contributed by atoms with van der Waals surface area (Å²) in [5.74, 6) is -1.90. The first-order chi connectivity index (χ1) is 8.02. The Kier molecular flexibility index (Phi) is 6.58. The van der Waals surface area contributed by atoms with Crippen molar-refractivity contribution in [2.45, 2.75) is 18.8 Å². The fourth-order valence-corrected chi connectivity index (χ4v) is 2.41. The van der Waals surface area contributed by atoms with Crippen molar-refractivity contribution in [2.75, 3.05) is 44.4 Å². The van der Waals surface area contributed by atoms with E-state index >= 15 is 0 Å². The van der Waals surface area contributed by atoms with E-state index in [1.54, 1.807) is 0 Å². The molecule has 0 aromatic rings. The molecule has 1 heterocycles. The highest BCUT2D eigenvalue weighted by Gasteiger charge is 2.40. The molecule has 1 saturated heterocycles. The first-order valence-electron chi connectivity index (χ1n) is 5.56. The number of rotatable bonds is 6. The molecule has 0 unspecified atom stereocenters. The van der Waals surface area contributed by atoms with E-state index in [1.807, 2.05) is 11.8 Å². The Hall–Kier alpha value is -0.0100. The lowest BCUT2D eigenvalue weighted by atomic mass is 10.4. The van der Waals surface area contributed by atoms with Crippen molar-refractivity contribution >= 4 is 11.8 Å². The van der Waals surface area contributed by atoms with Crippen molar-refractivity contribution in [1.82, 2.24) is 4.90 Å². The third kappa shape index (κ3) is 5.92. The SMILES string of the molecule is FC(F)C(F)(F)COCCN1CCCSCC1. The van der Waals surface area contributed by atoms with Gasteiger partial charge in [0.15, 0.2) is 0 Å². The molecule has 1 aliphatic heterocycles. The molecule has 0 radical (unpaired) electrons. The molecule has 0 aromatic carbocycles. The fourth-order valence-electron chi connectivity index (χ4n) is 1.49. The topological polar surface area (TPSA) is 12.5 Å². The zero-order valence-corrected chi connectivity index (χ0v) is 10.3. The van der Waals surface area contributed by atoms with Crippen LogP contribution in [-0.4, -0.2) is 61.6 Å². The summed E-state index contributed by atoms with van der Waals surface area (Å²) in [6.07, 6.45) is -2.59. The van der Waals surface area contributed by atoms with Gasteiger partial charge in [-0.25, -0.2) is 8.78 Å². The van der Waals surface area contributed by atoms with Gasteiger partial charge in [-0.15, -0.1) is 0 Å². The molecule has 0 atom stereocenters. The van der Waals surface area contributed by atoms with E-state index < -0.39 is 19.0 Å². The van der Waals surface area contributed by atoms with Gasteiger partial charge in [-0.1, -0.05) is 0 Å². The maximum atomic E-state index is 12.5. The number of nitrogens with zero attached hydrogens (tertiary/aromatic N) is 1. The molecule has 0 saturated carbocycles. The predicted molar refractivity (Wildman–Crippen MR) is 60.2 cm³/mol. The number of thioether (sulfide) groups is 1. The zero-order valence-electron chi connectivity index (χ0n) is 9.51. The average Bonchev–Trinajstić information content (AvgIpc) is 2.52. The van der Waals surface area contributed by atoms with Crippen LogP contribution in [0.4, 0.5) is 17.6 Å². The molecule has 7 heteroatoms. The molecule has 0 amide bonds. The Labute approximate surface area is 103 Å². The van der Waals surface area contributed by atoms with E-state index in [-0.39, 0.29) is 6.61 Å². The zero-order chi connectivity index (χ0) is 12.7. The second kappa shape index (κ2) is 7.43. The van der Waals surface area contributed by atoms with E-state index in [2.05, 4.69) is 9.64 Å². The van der Waals surface area contributed by atoms with Crippen LogP contribution in [0.3, 0.4) is 0 Å². The molecule has 0 aliphatic carbocycles. The molecule has 1 fully saturated rings. The van der Waals surface area contributed by atoms with Gasteiger partial charge in [0.25, 0.3) is 0 Å². The monoisotopic (exact) mass is 275 g/mol. The summed E-state index contributed by atoms with van der Waals surface area (Å²) in [5, 5.41) is 0. The number of alkyl halides is 4. The molecule has 1 rings (SSSR count). The highest BCUT2D eigenvalue weighted by molar-refractivity contribution is 7.99. The minimum Gasteiger partial charge on any atom is -0.374 e. The largest absolute Gasteiger partial charge is 0.374 e. The molecular formula is C10H17F4NOS. The summed E-state index contributed by atoms with van der Waals surface area (Å²) < 4.78 is 53.2. The van der Waals surface area contributed by atoms with Crippen molar-refractivity contribution in [2.24, 2.45) is 0 Å². The predicted octanol–water partition coefficient (Wildman–Crippen LogP) is 2.34. The summed E-state index contributed by atoms with van der Waals surface area (Å²) in [4.78, 5) is 2.11. The van der Waals surface area contributed by atoms with Crippen molar-refractivity contribution in [3.8, 4) is 0 Å². The third-order valence-corrected chi connectivity index (χ3v) is 3.53. The van der Waals surface area contributed by atoms with Gasteiger partial charge in [-0.3, -0.25) is 0 Å². The lowest BCUT2D eigenvalue weighted by molar-refractivity contribution is -0.166. The van der Waals surface area contributed by atoms with Crippen LogP contribution in [0.5, 0.6) is 0 Å². The highest BCUT2D eigenvalue weighted by Crippen LogP contribution is 2.22. The Morgan fingerprint density at radius 3 is 2.71 bits per heavy atom. The smallest absolute Gasteiger partial charge is 0.330 e. The Bertz CT molecular complexity index is 210. The van der Waals surface area contributed by atoms with Crippen LogP contribution < -0.4 is 0 Å². The highest BCUT2D eigenvalue weighted by atomic mass is 32.2. The molecule has 0 N–H and O–H groups in total. The van der Waals surface area contributed by atoms with Gasteiger partial charge in [-0.05, 0) is 18.7 Å². The standard InChI is InChI=1S/C10H17F4NOS/c11-9(12)10(13,14)8-16-5-3-15-2-1-6-17-7-4-15/h9H,1-8H2. The maximum Gasteiger partial charge on any atom is 0.330 e. The van der Waals surface area contributed by atoms with E-state index in [0.29, 0.717) is 6.54 Å². The summed E-state index contributed by atoms with van der Waals surface area (Å²) in [7, 11) is 0.